The van der Waals surface area contributed by atoms with E-state index in [1.54, 1.807) is 24.3 Å². The van der Waals surface area contributed by atoms with Crippen LogP contribution in [0.3, 0.4) is 0 Å². The van der Waals surface area contributed by atoms with Gasteiger partial charge in [0.15, 0.2) is 0 Å². The van der Waals surface area contributed by atoms with Crippen molar-refractivity contribution in [1.82, 2.24) is 0 Å². The lowest BCUT2D eigenvalue weighted by molar-refractivity contribution is -0.115. The first-order valence-corrected chi connectivity index (χ1v) is 9.53. The van der Waals surface area contributed by atoms with Gasteiger partial charge in [0.25, 0.3) is 0 Å². The van der Waals surface area contributed by atoms with E-state index in [1.807, 2.05) is 0 Å². The van der Waals surface area contributed by atoms with Gasteiger partial charge in [0, 0.05) is 37.4 Å². The maximum atomic E-state index is 12.1. The van der Waals surface area contributed by atoms with Crippen LogP contribution in [0, 0.1) is 17.2 Å². The number of nitriles is 1. The minimum absolute atomic E-state index is 0.107. The summed E-state index contributed by atoms with van der Waals surface area (Å²) in [6.45, 7) is 5.11. The van der Waals surface area contributed by atoms with Crippen molar-refractivity contribution < 1.29 is 4.79 Å². The molecule has 1 fully saturated rings. The smallest absolute Gasteiger partial charge is 0.226 e. The topological polar surface area (TPSA) is 68.2 Å². The average Bonchev–Trinajstić information content (AvgIpc) is 2.69. The Labute approximate surface area is 161 Å². The van der Waals surface area contributed by atoms with Crippen LogP contribution in [-0.2, 0) is 4.79 Å². The Kier molecular flexibility index (Phi) is 6.32. The maximum absolute atomic E-state index is 12.1. The van der Waals surface area contributed by atoms with Gasteiger partial charge in [-0.1, -0.05) is 19.1 Å². The highest BCUT2D eigenvalue weighted by Crippen LogP contribution is 2.24. The minimum atomic E-state index is -0.107. The highest BCUT2D eigenvalue weighted by atomic mass is 16.1. The zero-order chi connectivity index (χ0) is 19.1. The molecule has 1 saturated heterocycles. The Balaban J connectivity index is 1.45. The van der Waals surface area contributed by atoms with Crippen molar-refractivity contribution in [3.63, 3.8) is 0 Å². The Morgan fingerprint density at radius 1 is 1.15 bits per heavy atom. The van der Waals surface area contributed by atoms with Crippen molar-refractivity contribution in [3.8, 4) is 6.07 Å². The summed E-state index contributed by atoms with van der Waals surface area (Å²) in [5, 5.41) is 15.1. The third kappa shape index (κ3) is 5.24. The molecule has 1 aliphatic heterocycles. The standard InChI is InChI=1S/C22H26N4O/c1-17-11-14-26(15-12-17)20-8-6-19(7-9-20)24-13-10-22(27)25-21-5-3-2-4-18(21)16-23/h2-9,17,24H,10-15H2,1H3,(H,25,27). The molecule has 1 heterocycles. The third-order valence-corrected chi connectivity index (χ3v) is 5.02. The largest absolute Gasteiger partial charge is 0.385 e. The van der Waals surface area contributed by atoms with E-state index in [-0.39, 0.29) is 5.91 Å². The van der Waals surface area contributed by atoms with Gasteiger partial charge in [0.1, 0.15) is 6.07 Å². The van der Waals surface area contributed by atoms with Crippen molar-refractivity contribution in [1.29, 1.82) is 5.26 Å². The SMILES string of the molecule is CC1CCN(c2ccc(NCCC(=O)Nc3ccccc3C#N)cc2)CC1. The van der Waals surface area contributed by atoms with Gasteiger partial charge in [-0.05, 0) is 55.2 Å². The van der Waals surface area contributed by atoms with Gasteiger partial charge < -0.3 is 15.5 Å². The molecule has 0 aromatic heterocycles. The van der Waals surface area contributed by atoms with Gasteiger partial charge in [0.2, 0.25) is 5.91 Å². The van der Waals surface area contributed by atoms with Crippen molar-refractivity contribution in [2.45, 2.75) is 26.2 Å². The van der Waals surface area contributed by atoms with Crippen molar-refractivity contribution in [2.75, 3.05) is 35.2 Å². The first-order chi connectivity index (χ1) is 13.2. The lowest BCUT2D eigenvalue weighted by Crippen LogP contribution is -2.32. The number of rotatable bonds is 6. The Hall–Kier alpha value is -3.00. The van der Waals surface area contributed by atoms with Gasteiger partial charge in [-0.25, -0.2) is 0 Å². The molecular weight excluding hydrogens is 336 g/mol. The average molecular weight is 362 g/mol. The zero-order valence-electron chi connectivity index (χ0n) is 15.7. The summed E-state index contributed by atoms with van der Waals surface area (Å²) in [6.07, 6.45) is 2.85. The van der Waals surface area contributed by atoms with Crippen LogP contribution in [0.25, 0.3) is 0 Å². The summed E-state index contributed by atoms with van der Waals surface area (Å²) < 4.78 is 0. The van der Waals surface area contributed by atoms with Crippen LogP contribution in [0.1, 0.15) is 31.7 Å². The fraction of sp³-hybridized carbons (Fsp3) is 0.364. The number of carbonyl (C=O) groups excluding carboxylic acids is 1. The number of carbonyl (C=O) groups is 1. The molecule has 0 atom stereocenters. The van der Waals surface area contributed by atoms with E-state index in [1.165, 1.54) is 18.5 Å². The van der Waals surface area contributed by atoms with E-state index >= 15 is 0 Å². The Bertz CT molecular complexity index is 802. The van der Waals surface area contributed by atoms with Gasteiger partial charge in [-0.15, -0.1) is 0 Å². The summed E-state index contributed by atoms with van der Waals surface area (Å²) in [6, 6.07) is 17.5. The molecule has 2 N–H and O–H groups in total. The van der Waals surface area contributed by atoms with Crippen LogP contribution >= 0.6 is 0 Å². The number of nitrogens with zero attached hydrogens (tertiary/aromatic N) is 2. The van der Waals surface area contributed by atoms with E-state index in [4.69, 9.17) is 5.26 Å². The highest BCUT2D eigenvalue weighted by molar-refractivity contribution is 5.92. The van der Waals surface area contributed by atoms with E-state index in [0.29, 0.717) is 24.2 Å². The van der Waals surface area contributed by atoms with Crippen LogP contribution in [-0.4, -0.2) is 25.5 Å². The van der Waals surface area contributed by atoms with Crippen LogP contribution in [0.4, 0.5) is 17.1 Å². The molecule has 0 bridgehead atoms. The molecule has 0 radical (unpaired) electrons. The third-order valence-electron chi connectivity index (χ3n) is 5.02. The number of hydrogen-bond acceptors (Lipinski definition) is 4. The molecule has 27 heavy (non-hydrogen) atoms. The number of para-hydroxylation sites is 1. The molecule has 0 aliphatic carbocycles. The molecule has 1 amide bonds. The van der Waals surface area contributed by atoms with Gasteiger partial charge >= 0.3 is 0 Å². The second-order valence-electron chi connectivity index (χ2n) is 7.10. The van der Waals surface area contributed by atoms with Gasteiger partial charge in [-0.2, -0.15) is 5.26 Å². The van der Waals surface area contributed by atoms with E-state index in [9.17, 15) is 4.79 Å². The molecular formula is C22H26N4O. The molecule has 0 spiro atoms. The molecule has 0 unspecified atom stereocenters. The van der Waals surface area contributed by atoms with Crippen molar-refractivity contribution in [2.24, 2.45) is 5.92 Å². The second-order valence-corrected chi connectivity index (χ2v) is 7.10. The summed E-state index contributed by atoms with van der Waals surface area (Å²) >= 11 is 0. The van der Waals surface area contributed by atoms with Crippen molar-refractivity contribution in [3.05, 3.63) is 54.1 Å². The summed E-state index contributed by atoms with van der Waals surface area (Å²) in [4.78, 5) is 14.5. The molecule has 140 valence electrons. The molecule has 3 rings (SSSR count). The second kappa shape index (κ2) is 9.09. The molecule has 0 saturated carbocycles. The molecule has 5 heteroatoms. The van der Waals surface area contributed by atoms with Crippen LogP contribution in [0.2, 0.25) is 0 Å². The minimum Gasteiger partial charge on any atom is -0.385 e. The lowest BCUT2D eigenvalue weighted by atomic mass is 9.99. The number of hydrogen-bond donors (Lipinski definition) is 2. The Morgan fingerprint density at radius 2 is 1.85 bits per heavy atom. The number of anilines is 3. The lowest BCUT2D eigenvalue weighted by Gasteiger charge is -2.32. The van der Waals surface area contributed by atoms with E-state index in [2.05, 4.69) is 52.8 Å². The van der Waals surface area contributed by atoms with Gasteiger partial charge in [0.05, 0.1) is 11.3 Å². The number of piperidine rings is 1. The summed E-state index contributed by atoms with van der Waals surface area (Å²) in [5.74, 6) is 0.720. The predicted molar refractivity (Wildman–Crippen MR) is 110 cm³/mol. The van der Waals surface area contributed by atoms with E-state index < -0.39 is 0 Å². The quantitative estimate of drug-likeness (QED) is 0.807. The van der Waals surface area contributed by atoms with E-state index in [0.717, 1.165) is 24.7 Å². The fourth-order valence-electron chi connectivity index (χ4n) is 3.28. The maximum Gasteiger partial charge on any atom is 0.226 e. The first-order valence-electron chi connectivity index (χ1n) is 9.53. The summed E-state index contributed by atoms with van der Waals surface area (Å²) in [7, 11) is 0. The monoisotopic (exact) mass is 362 g/mol. The fourth-order valence-corrected chi connectivity index (χ4v) is 3.28. The highest BCUT2D eigenvalue weighted by Gasteiger charge is 2.15. The van der Waals surface area contributed by atoms with Gasteiger partial charge in [-0.3, -0.25) is 4.79 Å². The van der Waals surface area contributed by atoms with Crippen LogP contribution in [0.15, 0.2) is 48.5 Å². The molecule has 5 nitrogen and oxygen atoms in total. The normalized spacial score (nSPS) is 14.4. The van der Waals surface area contributed by atoms with Crippen molar-refractivity contribution >= 4 is 23.0 Å². The number of nitrogens with one attached hydrogen (secondary N) is 2. The molecule has 2 aromatic carbocycles. The summed E-state index contributed by atoms with van der Waals surface area (Å²) in [5.41, 5.74) is 3.30. The molecule has 1 aliphatic rings. The zero-order valence-corrected chi connectivity index (χ0v) is 15.7. The first kappa shape index (κ1) is 18.8. The Morgan fingerprint density at radius 3 is 2.56 bits per heavy atom. The number of amides is 1. The predicted octanol–water partition coefficient (Wildman–Crippen LogP) is 4.24. The molecule has 2 aromatic rings. The van der Waals surface area contributed by atoms with Crippen LogP contribution in [0.5, 0.6) is 0 Å². The van der Waals surface area contributed by atoms with Crippen LogP contribution < -0.4 is 15.5 Å². The number of benzene rings is 2.